The summed E-state index contributed by atoms with van der Waals surface area (Å²) in [7, 11) is -0.417. The van der Waals surface area contributed by atoms with Gasteiger partial charge in [-0.3, -0.25) is 0 Å². The number of benzene rings is 4. The summed E-state index contributed by atoms with van der Waals surface area (Å²) in [6.07, 6.45) is 0. The second-order valence-electron chi connectivity index (χ2n) is 10.8. The average Bonchev–Trinajstić information content (AvgIpc) is 3.26. The van der Waals surface area contributed by atoms with Gasteiger partial charge in [-0.2, -0.15) is 0 Å². The monoisotopic (exact) mass is 458 g/mol. The first-order valence-electron chi connectivity index (χ1n) is 12.3. The van der Waals surface area contributed by atoms with Crippen LogP contribution >= 0.6 is 0 Å². The van der Waals surface area contributed by atoms with Crippen LogP contribution in [-0.2, 0) is 14.9 Å². The van der Waals surface area contributed by atoms with Crippen molar-refractivity contribution >= 4 is 12.6 Å². The molecule has 0 radical (unpaired) electrons. The quantitative estimate of drug-likeness (QED) is 0.313. The van der Waals surface area contributed by atoms with E-state index in [9.17, 15) is 0 Å². The van der Waals surface area contributed by atoms with E-state index in [4.69, 9.17) is 14.0 Å². The minimum absolute atomic E-state index is 0.390. The van der Waals surface area contributed by atoms with E-state index >= 15 is 0 Å². The largest absolute Gasteiger partial charge is 0.494 e. The van der Waals surface area contributed by atoms with Crippen LogP contribution in [0.4, 0.5) is 0 Å². The van der Waals surface area contributed by atoms with Gasteiger partial charge in [-0.1, -0.05) is 84.9 Å². The minimum Gasteiger partial charge on any atom is -0.472 e. The third-order valence-electron chi connectivity index (χ3n) is 8.29. The van der Waals surface area contributed by atoms with E-state index in [1.165, 1.54) is 22.3 Å². The highest BCUT2D eigenvalue weighted by Crippen LogP contribution is 2.58. The number of rotatable bonds is 1. The van der Waals surface area contributed by atoms with Gasteiger partial charge < -0.3 is 14.0 Å². The zero-order valence-corrected chi connectivity index (χ0v) is 20.5. The van der Waals surface area contributed by atoms with Crippen LogP contribution in [0.3, 0.4) is 0 Å². The van der Waals surface area contributed by atoms with Crippen molar-refractivity contribution in [3.05, 3.63) is 108 Å². The average molecular weight is 458 g/mol. The molecule has 4 heteroatoms. The van der Waals surface area contributed by atoms with Gasteiger partial charge in [0.2, 0.25) is 0 Å². The smallest absolute Gasteiger partial charge is 0.472 e. The van der Waals surface area contributed by atoms with E-state index in [-0.39, 0.29) is 11.2 Å². The molecule has 0 aromatic heterocycles. The summed E-state index contributed by atoms with van der Waals surface area (Å²) in [6.45, 7) is 8.37. The molecule has 1 fully saturated rings. The lowest BCUT2D eigenvalue weighted by Crippen LogP contribution is -2.41. The Morgan fingerprint density at radius 1 is 0.543 bits per heavy atom. The lowest BCUT2D eigenvalue weighted by Gasteiger charge is -2.39. The van der Waals surface area contributed by atoms with Gasteiger partial charge in [-0.05, 0) is 55.9 Å². The van der Waals surface area contributed by atoms with E-state index in [1.807, 2.05) is 6.07 Å². The molecule has 2 aliphatic heterocycles. The van der Waals surface area contributed by atoms with Crippen LogP contribution in [0.1, 0.15) is 44.4 Å². The van der Waals surface area contributed by atoms with Crippen molar-refractivity contribution in [3.8, 4) is 28.0 Å². The molecule has 1 aliphatic carbocycles. The van der Waals surface area contributed by atoms with E-state index in [1.54, 1.807) is 0 Å². The second kappa shape index (κ2) is 6.87. The first-order chi connectivity index (χ1) is 16.8. The van der Waals surface area contributed by atoms with Crippen molar-refractivity contribution in [2.75, 3.05) is 0 Å². The maximum Gasteiger partial charge on any atom is 0.494 e. The predicted molar refractivity (Wildman–Crippen MR) is 140 cm³/mol. The zero-order valence-electron chi connectivity index (χ0n) is 20.5. The summed E-state index contributed by atoms with van der Waals surface area (Å²) >= 11 is 0. The fourth-order valence-electron chi connectivity index (χ4n) is 5.81. The Morgan fingerprint density at radius 2 is 1.06 bits per heavy atom. The van der Waals surface area contributed by atoms with Crippen LogP contribution in [0.2, 0.25) is 0 Å². The first-order valence-corrected chi connectivity index (χ1v) is 12.3. The Kier molecular flexibility index (Phi) is 4.12. The van der Waals surface area contributed by atoms with Gasteiger partial charge in [0.25, 0.3) is 0 Å². The van der Waals surface area contributed by atoms with Gasteiger partial charge in [-0.25, -0.2) is 0 Å². The summed E-state index contributed by atoms with van der Waals surface area (Å²) in [5, 5.41) is 0. The topological polar surface area (TPSA) is 27.7 Å². The highest BCUT2D eigenvalue weighted by Gasteiger charge is 2.53. The van der Waals surface area contributed by atoms with Crippen molar-refractivity contribution in [3.63, 3.8) is 0 Å². The number of para-hydroxylation sites is 1. The Morgan fingerprint density at radius 3 is 1.69 bits per heavy atom. The van der Waals surface area contributed by atoms with E-state index < -0.39 is 12.7 Å². The molecule has 35 heavy (non-hydrogen) atoms. The normalized spacial score (nSPS) is 19.5. The fraction of sp³-hybridized carbons (Fsp3) is 0.226. The van der Waals surface area contributed by atoms with Crippen LogP contribution in [0.15, 0.2) is 91.0 Å². The maximum absolute atomic E-state index is 7.03. The van der Waals surface area contributed by atoms with Gasteiger partial charge in [-0.15, -0.1) is 0 Å². The van der Waals surface area contributed by atoms with Gasteiger partial charge in [0.15, 0.2) is 5.60 Å². The van der Waals surface area contributed by atoms with Crippen LogP contribution in [-0.4, -0.2) is 18.3 Å². The van der Waals surface area contributed by atoms with Gasteiger partial charge >= 0.3 is 7.12 Å². The van der Waals surface area contributed by atoms with Crippen molar-refractivity contribution in [2.45, 2.75) is 44.5 Å². The molecule has 3 aliphatic rings. The highest BCUT2D eigenvalue weighted by atomic mass is 16.7. The van der Waals surface area contributed by atoms with Crippen molar-refractivity contribution < 1.29 is 14.0 Å². The van der Waals surface area contributed by atoms with Crippen LogP contribution < -0.4 is 10.2 Å². The second-order valence-corrected chi connectivity index (χ2v) is 10.8. The molecule has 0 bridgehead atoms. The Balaban J connectivity index is 1.49. The zero-order chi connectivity index (χ0) is 24.0. The van der Waals surface area contributed by atoms with Crippen LogP contribution in [0.25, 0.3) is 22.3 Å². The maximum atomic E-state index is 7.03. The summed E-state index contributed by atoms with van der Waals surface area (Å²) in [5.74, 6) is 0.887. The third kappa shape index (κ3) is 2.70. The predicted octanol–water partition coefficient (Wildman–Crippen LogP) is 6.32. The van der Waals surface area contributed by atoms with Crippen molar-refractivity contribution in [1.82, 2.24) is 0 Å². The summed E-state index contributed by atoms with van der Waals surface area (Å²) in [5.41, 5.74) is 7.75. The summed E-state index contributed by atoms with van der Waals surface area (Å²) < 4.78 is 19.8. The first kappa shape index (κ1) is 21.0. The van der Waals surface area contributed by atoms with E-state index in [2.05, 4.69) is 113 Å². The molecule has 0 unspecified atom stereocenters. The van der Waals surface area contributed by atoms with Crippen molar-refractivity contribution in [2.24, 2.45) is 0 Å². The molecule has 0 atom stereocenters. The van der Waals surface area contributed by atoms with Gasteiger partial charge in [0.1, 0.15) is 5.75 Å². The number of hydrogen-bond donors (Lipinski definition) is 0. The molecule has 0 N–H and O–H groups in total. The highest BCUT2D eigenvalue weighted by molar-refractivity contribution is 6.62. The molecule has 1 spiro atoms. The fourth-order valence-corrected chi connectivity index (χ4v) is 5.81. The Bertz CT molecular complexity index is 1440. The molecule has 3 nitrogen and oxygen atoms in total. The third-order valence-corrected chi connectivity index (χ3v) is 8.29. The van der Waals surface area contributed by atoms with E-state index in [0.29, 0.717) is 0 Å². The molecule has 7 rings (SSSR count). The molecular formula is C31H27BO3. The lowest BCUT2D eigenvalue weighted by atomic mass is 9.72. The molecule has 4 aromatic carbocycles. The summed E-state index contributed by atoms with van der Waals surface area (Å²) in [4.78, 5) is 0. The van der Waals surface area contributed by atoms with Gasteiger partial charge in [0, 0.05) is 22.3 Å². The molecule has 0 amide bonds. The number of fused-ring (bicyclic) bond motifs is 9. The Hall–Kier alpha value is -3.34. The number of ether oxygens (including phenoxy) is 1. The minimum atomic E-state index is -0.703. The molecule has 0 saturated carbocycles. The molecule has 2 heterocycles. The SMILES string of the molecule is CC1(C)OB(c2ccc3c(c2)-c2ccccc2OC32c3ccccc3-c3ccccc32)OC1(C)C. The Labute approximate surface area is 206 Å². The number of hydrogen-bond acceptors (Lipinski definition) is 3. The molecule has 4 aromatic rings. The van der Waals surface area contributed by atoms with Gasteiger partial charge in [0.05, 0.1) is 11.2 Å². The standard InChI is InChI=1S/C31H27BO3/c1-29(2)30(3,4)35-32(34-29)20-17-18-27-24(19-20)23-13-7-10-16-28(23)33-31(27)25-14-8-5-11-21(25)22-12-6-9-15-26(22)31/h5-19H,1-4H3. The van der Waals surface area contributed by atoms with Crippen LogP contribution in [0, 0.1) is 0 Å². The summed E-state index contributed by atoms with van der Waals surface area (Å²) in [6, 6.07) is 32.2. The lowest BCUT2D eigenvalue weighted by molar-refractivity contribution is 0.00578. The molecule has 1 saturated heterocycles. The molecule has 172 valence electrons. The molecular weight excluding hydrogens is 431 g/mol. The van der Waals surface area contributed by atoms with Crippen molar-refractivity contribution in [1.29, 1.82) is 0 Å². The van der Waals surface area contributed by atoms with E-state index in [0.717, 1.165) is 27.9 Å². The van der Waals surface area contributed by atoms with Crippen LogP contribution in [0.5, 0.6) is 5.75 Å².